The molecule has 2 aliphatic heterocycles. The van der Waals surface area contributed by atoms with Gasteiger partial charge in [-0.3, -0.25) is 4.90 Å². The monoisotopic (exact) mass is 553 g/mol. The SMILES string of the molecule is COc1ccc2c(c1)C13CCN(CCO[Si](C)(C)C(C)(C)C)C(C2)C12CCC1C3[C@@H](CN1C(=O)NC(C)C)C2. The topological polar surface area (TPSA) is 54.0 Å². The summed E-state index contributed by atoms with van der Waals surface area (Å²) in [6, 6.07) is 8.11. The largest absolute Gasteiger partial charge is 0.497 e. The second kappa shape index (κ2) is 9.22. The van der Waals surface area contributed by atoms with E-state index < -0.39 is 8.32 Å². The van der Waals surface area contributed by atoms with Crippen molar-refractivity contribution >= 4 is 14.3 Å². The molecule has 6 rings (SSSR count). The van der Waals surface area contributed by atoms with E-state index in [4.69, 9.17) is 9.16 Å². The van der Waals surface area contributed by atoms with E-state index >= 15 is 0 Å². The summed E-state index contributed by atoms with van der Waals surface area (Å²) < 4.78 is 12.5. The fourth-order valence-corrected chi connectivity index (χ4v) is 10.7. The van der Waals surface area contributed by atoms with Crippen molar-refractivity contribution in [1.29, 1.82) is 0 Å². The predicted molar refractivity (Wildman–Crippen MR) is 159 cm³/mol. The molecular formula is C32H51N3O3Si. The zero-order chi connectivity index (χ0) is 28.0. The minimum absolute atomic E-state index is 0.136. The van der Waals surface area contributed by atoms with Crippen molar-refractivity contribution < 1.29 is 14.0 Å². The Labute approximate surface area is 237 Å². The number of urea groups is 1. The Bertz CT molecular complexity index is 1130. The molecular weight excluding hydrogens is 502 g/mol. The van der Waals surface area contributed by atoms with E-state index in [0.717, 1.165) is 44.8 Å². The van der Waals surface area contributed by atoms with Crippen LogP contribution >= 0.6 is 0 Å². The van der Waals surface area contributed by atoms with E-state index in [9.17, 15) is 4.79 Å². The third kappa shape index (κ3) is 3.88. The van der Waals surface area contributed by atoms with E-state index in [1.165, 1.54) is 24.8 Å². The summed E-state index contributed by atoms with van der Waals surface area (Å²) >= 11 is 0. The van der Waals surface area contributed by atoms with Gasteiger partial charge in [-0.05, 0) is 111 Å². The summed E-state index contributed by atoms with van der Waals surface area (Å²) in [5, 5.41) is 3.45. The second-order valence-electron chi connectivity index (χ2n) is 15.1. The molecule has 5 aliphatic rings. The average Bonchev–Trinajstić information content (AvgIpc) is 3.30. The molecule has 1 aromatic rings. The highest BCUT2D eigenvalue weighted by molar-refractivity contribution is 6.74. The standard InChI is InChI=1S/C32H51N3O3Si/c1-21(2)33-29(36)35-20-23-19-31-12-11-26(35)28(23)32(31)13-14-34(15-16-38-39(7,8)30(3,4)5)27(31)17-22-9-10-24(37-6)18-25(22)32/h9-10,18,21,23,26-28H,11-17,19-20H2,1-8H3,(H,33,36)/t23-,26?,27?,28?,31?,32?/m1/s1. The Balaban J connectivity index is 1.35. The number of piperidine rings is 1. The molecule has 4 bridgehead atoms. The first-order valence-corrected chi connectivity index (χ1v) is 18.4. The molecule has 6 atom stereocenters. The van der Waals surface area contributed by atoms with Gasteiger partial charge in [0.25, 0.3) is 0 Å². The first-order chi connectivity index (χ1) is 18.3. The number of fused-ring (bicyclic) bond motifs is 1. The van der Waals surface area contributed by atoms with Gasteiger partial charge < -0.3 is 19.4 Å². The van der Waals surface area contributed by atoms with E-state index in [1.807, 2.05) is 0 Å². The molecule has 0 spiro atoms. The van der Waals surface area contributed by atoms with Crippen LogP contribution in [0.15, 0.2) is 18.2 Å². The van der Waals surface area contributed by atoms with E-state index in [1.54, 1.807) is 12.7 Å². The molecule has 1 N–H and O–H groups in total. The maximum absolute atomic E-state index is 13.3. The highest BCUT2D eigenvalue weighted by Crippen LogP contribution is 2.75. The Morgan fingerprint density at radius 2 is 2.00 bits per heavy atom. The number of amides is 2. The van der Waals surface area contributed by atoms with Crippen LogP contribution in [0, 0.1) is 17.3 Å². The minimum Gasteiger partial charge on any atom is -0.497 e. The smallest absolute Gasteiger partial charge is 0.317 e. The first-order valence-electron chi connectivity index (χ1n) is 15.5. The Kier molecular flexibility index (Phi) is 6.52. The van der Waals surface area contributed by atoms with Gasteiger partial charge in [0.05, 0.1) is 7.11 Å². The van der Waals surface area contributed by atoms with Gasteiger partial charge in [0, 0.05) is 43.2 Å². The van der Waals surface area contributed by atoms with Crippen molar-refractivity contribution in [3.63, 3.8) is 0 Å². The van der Waals surface area contributed by atoms with Crippen LogP contribution in [0.3, 0.4) is 0 Å². The van der Waals surface area contributed by atoms with Crippen LogP contribution in [0.4, 0.5) is 4.79 Å². The summed E-state index contributed by atoms with van der Waals surface area (Å²) in [7, 11) is 0.0253. The van der Waals surface area contributed by atoms with Gasteiger partial charge in [-0.1, -0.05) is 26.8 Å². The number of nitrogens with zero attached hydrogens (tertiary/aromatic N) is 2. The lowest BCUT2D eigenvalue weighted by Crippen LogP contribution is -2.70. The maximum Gasteiger partial charge on any atom is 0.317 e. The first kappa shape index (κ1) is 27.6. The Morgan fingerprint density at radius 3 is 2.69 bits per heavy atom. The molecule has 1 aromatic carbocycles. The molecule has 0 aromatic heterocycles. The summed E-state index contributed by atoms with van der Waals surface area (Å²) in [4.78, 5) is 18.4. The van der Waals surface area contributed by atoms with Crippen LogP contribution in [0.25, 0.3) is 0 Å². The van der Waals surface area contributed by atoms with Gasteiger partial charge in [0.15, 0.2) is 8.32 Å². The molecule has 2 saturated carbocycles. The second-order valence-corrected chi connectivity index (χ2v) is 19.9. The average molecular weight is 554 g/mol. The number of hydrogen-bond donors (Lipinski definition) is 1. The molecule has 2 amide bonds. The summed E-state index contributed by atoms with van der Waals surface area (Å²) in [5.41, 5.74) is 3.49. The number of methoxy groups -OCH3 is 1. The van der Waals surface area contributed by atoms with Crippen LogP contribution in [-0.4, -0.2) is 75.6 Å². The van der Waals surface area contributed by atoms with Crippen molar-refractivity contribution in [1.82, 2.24) is 15.1 Å². The van der Waals surface area contributed by atoms with Gasteiger partial charge in [-0.25, -0.2) is 4.79 Å². The summed E-state index contributed by atoms with van der Waals surface area (Å²) in [6.07, 6.45) is 5.92. The van der Waals surface area contributed by atoms with Gasteiger partial charge in [0.2, 0.25) is 0 Å². The Morgan fingerprint density at radius 1 is 1.23 bits per heavy atom. The highest BCUT2D eigenvalue weighted by atomic mass is 28.4. The minimum atomic E-state index is -1.77. The lowest BCUT2D eigenvalue weighted by atomic mass is 9.43. The van der Waals surface area contributed by atoms with Crippen LogP contribution < -0.4 is 10.1 Å². The number of ether oxygens (including phenoxy) is 1. The maximum atomic E-state index is 13.3. The van der Waals surface area contributed by atoms with Crippen molar-refractivity contribution in [2.24, 2.45) is 17.3 Å². The molecule has 2 saturated heterocycles. The molecule has 4 fully saturated rings. The summed E-state index contributed by atoms with van der Waals surface area (Å²) in [5.74, 6) is 2.11. The lowest BCUT2D eigenvalue weighted by Gasteiger charge is -2.66. The van der Waals surface area contributed by atoms with Crippen molar-refractivity contribution in [3.8, 4) is 5.75 Å². The molecule has 7 heteroatoms. The fraction of sp³-hybridized carbons (Fsp3) is 0.781. The number of carbonyl (C=O) groups excluding carboxylic acids is 1. The molecule has 6 nitrogen and oxygen atoms in total. The van der Waals surface area contributed by atoms with Gasteiger partial charge in [0.1, 0.15) is 5.75 Å². The molecule has 0 radical (unpaired) electrons. The lowest BCUT2D eigenvalue weighted by molar-refractivity contribution is -0.102. The number of nitrogens with one attached hydrogen (secondary N) is 1. The molecule has 216 valence electrons. The molecule has 5 unspecified atom stereocenters. The van der Waals surface area contributed by atoms with Crippen LogP contribution in [0.2, 0.25) is 18.1 Å². The molecule has 39 heavy (non-hydrogen) atoms. The normalized spacial score (nSPS) is 35.2. The zero-order valence-corrected chi connectivity index (χ0v) is 26.6. The zero-order valence-electron chi connectivity index (χ0n) is 25.6. The Hall–Kier alpha value is -1.57. The third-order valence-electron chi connectivity index (χ3n) is 12.1. The quantitative estimate of drug-likeness (QED) is 0.452. The number of hydrogen-bond acceptors (Lipinski definition) is 4. The molecule has 3 aliphatic carbocycles. The highest BCUT2D eigenvalue weighted by Gasteiger charge is 2.76. The van der Waals surface area contributed by atoms with Crippen molar-refractivity contribution in [3.05, 3.63) is 29.3 Å². The van der Waals surface area contributed by atoms with Gasteiger partial charge in [-0.2, -0.15) is 0 Å². The number of rotatable bonds is 6. The number of benzene rings is 1. The van der Waals surface area contributed by atoms with Crippen LogP contribution in [0.5, 0.6) is 5.75 Å². The van der Waals surface area contributed by atoms with Crippen molar-refractivity contribution in [2.75, 3.05) is 33.4 Å². The third-order valence-corrected chi connectivity index (χ3v) is 16.7. The number of likely N-dealkylation sites (tertiary alicyclic amines) is 2. The predicted octanol–water partition coefficient (Wildman–Crippen LogP) is 5.80. The van der Waals surface area contributed by atoms with Gasteiger partial charge in [-0.15, -0.1) is 0 Å². The molecule has 2 heterocycles. The van der Waals surface area contributed by atoms with Gasteiger partial charge >= 0.3 is 6.03 Å². The van der Waals surface area contributed by atoms with Crippen LogP contribution in [-0.2, 0) is 16.3 Å². The van der Waals surface area contributed by atoms with E-state index in [2.05, 4.69) is 81.0 Å². The van der Waals surface area contributed by atoms with E-state index in [0.29, 0.717) is 23.9 Å². The van der Waals surface area contributed by atoms with Crippen molar-refractivity contribution in [2.45, 2.75) is 108 Å². The number of carbonyl (C=O) groups is 1. The van der Waals surface area contributed by atoms with E-state index in [-0.39, 0.29) is 27.9 Å². The fourth-order valence-electron chi connectivity index (χ4n) is 9.68. The van der Waals surface area contributed by atoms with Crippen LogP contribution in [0.1, 0.15) is 71.4 Å². The summed E-state index contributed by atoms with van der Waals surface area (Å²) in [6.45, 7) is 19.8.